The third kappa shape index (κ3) is 2.90. The zero-order valence-electron chi connectivity index (χ0n) is 9.47. The molecule has 1 aliphatic heterocycles. The fraction of sp³-hybridized carbons (Fsp3) is 0.364. The van der Waals surface area contributed by atoms with Crippen LogP contribution in [0.1, 0.15) is 0 Å². The second-order valence-electron chi connectivity index (χ2n) is 3.89. The van der Waals surface area contributed by atoms with Gasteiger partial charge in [0.05, 0.1) is 10.2 Å². The van der Waals surface area contributed by atoms with Gasteiger partial charge in [0.25, 0.3) is 0 Å². The molecule has 7 heteroatoms. The smallest absolute Gasteiger partial charge is 0.317 e. The molecule has 0 radical (unpaired) electrons. The molecule has 1 fully saturated rings. The molecule has 98 valence electrons. The molecule has 4 nitrogen and oxygen atoms in total. The predicted octanol–water partition coefficient (Wildman–Crippen LogP) is 2.16. The van der Waals surface area contributed by atoms with Crippen LogP contribution in [-0.2, 0) is 0 Å². The molecular weight excluding hydrogens is 308 g/mol. The van der Waals surface area contributed by atoms with Crippen LogP contribution in [0.15, 0.2) is 16.6 Å². The van der Waals surface area contributed by atoms with E-state index in [1.54, 1.807) is 4.90 Å². The van der Waals surface area contributed by atoms with Crippen molar-refractivity contribution in [2.75, 3.05) is 31.5 Å². The highest BCUT2D eigenvalue weighted by molar-refractivity contribution is 9.10. The molecular formula is C11H12BrF2N3O. The average molecular weight is 320 g/mol. The van der Waals surface area contributed by atoms with Crippen LogP contribution in [0.3, 0.4) is 0 Å². The van der Waals surface area contributed by atoms with Crippen molar-refractivity contribution in [3.05, 3.63) is 28.2 Å². The van der Waals surface area contributed by atoms with E-state index in [1.807, 2.05) is 0 Å². The van der Waals surface area contributed by atoms with Crippen LogP contribution in [0.5, 0.6) is 0 Å². The second kappa shape index (κ2) is 5.51. The first-order valence-corrected chi connectivity index (χ1v) is 6.28. The van der Waals surface area contributed by atoms with E-state index in [-0.39, 0.29) is 16.2 Å². The monoisotopic (exact) mass is 319 g/mol. The molecule has 0 bridgehead atoms. The molecule has 0 aromatic heterocycles. The van der Waals surface area contributed by atoms with E-state index in [4.69, 9.17) is 0 Å². The molecule has 2 rings (SSSR count). The number of nitrogens with zero attached hydrogens (tertiary/aromatic N) is 1. The lowest BCUT2D eigenvalue weighted by Crippen LogP contribution is -2.32. The number of amides is 2. The van der Waals surface area contributed by atoms with Crippen molar-refractivity contribution >= 4 is 27.6 Å². The van der Waals surface area contributed by atoms with Gasteiger partial charge in [-0.25, -0.2) is 13.6 Å². The highest BCUT2D eigenvalue weighted by Crippen LogP contribution is 2.23. The van der Waals surface area contributed by atoms with Crippen LogP contribution in [0.25, 0.3) is 0 Å². The number of rotatable bonds is 4. The first-order chi connectivity index (χ1) is 8.58. The molecule has 18 heavy (non-hydrogen) atoms. The lowest BCUT2D eigenvalue weighted by Gasteiger charge is -2.15. The Hall–Kier alpha value is -1.37. The summed E-state index contributed by atoms with van der Waals surface area (Å²) in [5.74, 6) is -1.06. The summed E-state index contributed by atoms with van der Waals surface area (Å²) in [5, 5.41) is 5.44. The molecule has 1 aliphatic rings. The van der Waals surface area contributed by atoms with Gasteiger partial charge < -0.3 is 15.5 Å². The summed E-state index contributed by atoms with van der Waals surface area (Å²) in [6.07, 6.45) is 0. The molecule has 1 saturated heterocycles. The second-order valence-corrected chi connectivity index (χ2v) is 4.75. The van der Waals surface area contributed by atoms with Crippen LogP contribution in [0, 0.1) is 11.6 Å². The van der Waals surface area contributed by atoms with E-state index >= 15 is 0 Å². The summed E-state index contributed by atoms with van der Waals surface area (Å²) in [4.78, 5) is 12.8. The lowest BCUT2D eigenvalue weighted by atomic mass is 10.3. The number of carbonyl (C=O) groups is 1. The number of carbonyl (C=O) groups excluding carboxylic acids is 1. The van der Waals surface area contributed by atoms with Crippen LogP contribution >= 0.6 is 15.9 Å². The third-order valence-corrected chi connectivity index (χ3v) is 3.26. The molecule has 0 atom stereocenters. The number of anilines is 1. The Morgan fingerprint density at radius 3 is 2.83 bits per heavy atom. The standard InChI is InChI=1S/C11H12BrF2N3O/c12-7-5-9(14)10(6-8(7)13)15-1-3-17-4-2-16-11(17)18/h5-6,15H,1-4H2,(H,16,18). The van der Waals surface area contributed by atoms with Crippen molar-refractivity contribution in [3.8, 4) is 0 Å². The number of urea groups is 1. The summed E-state index contributed by atoms with van der Waals surface area (Å²) in [6.45, 7) is 2.08. The fourth-order valence-corrected chi connectivity index (χ4v) is 2.02. The third-order valence-electron chi connectivity index (χ3n) is 2.65. The topological polar surface area (TPSA) is 44.4 Å². The van der Waals surface area contributed by atoms with Gasteiger partial charge in [-0.05, 0) is 22.0 Å². The quantitative estimate of drug-likeness (QED) is 0.835. The first kappa shape index (κ1) is 13.1. The van der Waals surface area contributed by atoms with Gasteiger partial charge in [-0.3, -0.25) is 0 Å². The van der Waals surface area contributed by atoms with Crippen molar-refractivity contribution in [2.24, 2.45) is 0 Å². The molecule has 0 spiro atoms. The minimum atomic E-state index is -0.533. The van der Waals surface area contributed by atoms with E-state index in [1.165, 1.54) is 0 Å². The molecule has 0 aliphatic carbocycles. The minimum absolute atomic E-state index is 0.0875. The van der Waals surface area contributed by atoms with Gasteiger partial charge in [0.1, 0.15) is 11.6 Å². The maximum absolute atomic E-state index is 13.5. The van der Waals surface area contributed by atoms with Crippen LogP contribution < -0.4 is 10.6 Å². The number of halogens is 3. The molecule has 1 heterocycles. The predicted molar refractivity (Wildman–Crippen MR) is 67.5 cm³/mol. The minimum Gasteiger partial charge on any atom is -0.381 e. The maximum atomic E-state index is 13.5. The van der Waals surface area contributed by atoms with E-state index in [0.29, 0.717) is 26.2 Å². The lowest BCUT2D eigenvalue weighted by molar-refractivity contribution is 0.219. The van der Waals surface area contributed by atoms with E-state index in [0.717, 1.165) is 12.1 Å². The van der Waals surface area contributed by atoms with Crippen molar-refractivity contribution in [3.63, 3.8) is 0 Å². The summed E-state index contributed by atoms with van der Waals surface area (Å²) in [7, 11) is 0. The van der Waals surface area contributed by atoms with Crippen molar-refractivity contribution in [2.45, 2.75) is 0 Å². The number of nitrogens with one attached hydrogen (secondary N) is 2. The van der Waals surface area contributed by atoms with E-state index in [2.05, 4.69) is 26.6 Å². The highest BCUT2D eigenvalue weighted by atomic mass is 79.9. The molecule has 0 unspecified atom stereocenters. The van der Waals surface area contributed by atoms with Gasteiger partial charge in [-0.2, -0.15) is 0 Å². The van der Waals surface area contributed by atoms with E-state index in [9.17, 15) is 13.6 Å². The maximum Gasteiger partial charge on any atom is 0.317 e. The summed E-state index contributed by atoms with van der Waals surface area (Å²) in [5.41, 5.74) is 0.0929. The molecule has 1 aromatic rings. The Bertz CT molecular complexity index is 470. The Kier molecular flexibility index (Phi) is 4.00. The van der Waals surface area contributed by atoms with Crippen molar-refractivity contribution in [1.29, 1.82) is 0 Å². The molecule has 2 amide bonds. The SMILES string of the molecule is O=C1NCCN1CCNc1cc(F)c(Br)cc1F. The summed E-state index contributed by atoms with van der Waals surface area (Å²) in [6, 6.07) is 2.03. The number of hydrogen-bond donors (Lipinski definition) is 2. The zero-order valence-corrected chi connectivity index (χ0v) is 11.1. The van der Waals surface area contributed by atoms with Gasteiger partial charge >= 0.3 is 6.03 Å². The zero-order chi connectivity index (χ0) is 13.1. The van der Waals surface area contributed by atoms with Crippen LogP contribution in [0.2, 0.25) is 0 Å². The summed E-state index contributed by atoms with van der Waals surface area (Å²) >= 11 is 2.91. The molecule has 2 N–H and O–H groups in total. The van der Waals surface area contributed by atoms with Gasteiger partial charge in [0, 0.05) is 32.2 Å². The molecule has 1 aromatic carbocycles. The fourth-order valence-electron chi connectivity index (χ4n) is 1.71. The average Bonchev–Trinajstić information content (AvgIpc) is 2.72. The summed E-state index contributed by atoms with van der Waals surface area (Å²) < 4.78 is 26.8. The Morgan fingerprint density at radius 2 is 2.17 bits per heavy atom. The van der Waals surface area contributed by atoms with Crippen molar-refractivity contribution in [1.82, 2.24) is 10.2 Å². The Labute approximate surface area is 111 Å². The Morgan fingerprint density at radius 1 is 1.39 bits per heavy atom. The van der Waals surface area contributed by atoms with Gasteiger partial charge in [-0.1, -0.05) is 0 Å². The largest absolute Gasteiger partial charge is 0.381 e. The van der Waals surface area contributed by atoms with Gasteiger partial charge in [0.15, 0.2) is 0 Å². The molecule has 0 saturated carbocycles. The number of benzene rings is 1. The Balaban J connectivity index is 1.90. The van der Waals surface area contributed by atoms with Gasteiger partial charge in [0.2, 0.25) is 0 Å². The van der Waals surface area contributed by atoms with Gasteiger partial charge in [-0.15, -0.1) is 0 Å². The first-order valence-electron chi connectivity index (χ1n) is 5.49. The van der Waals surface area contributed by atoms with Crippen LogP contribution in [0.4, 0.5) is 19.3 Å². The van der Waals surface area contributed by atoms with Crippen molar-refractivity contribution < 1.29 is 13.6 Å². The normalized spacial score (nSPS) is 14.8. The van der Waals surface area contributed by atoms with Crippen LogP contribution in [-0.4, -0.2) is 37.1 Å². The highest BCUT2D eigenvalue weighted by Gasteiger charge is 2.18. The van der Waals surface area contributed by atoms with E-state index < -0.39 is 11.6 Å². The number of hydrogen-bond acceptors (Lipinski definition) is 2.